The third-order valence-corrected chi connectivity index (χ3v) is 4.03. The number of aryl methyl sites for hydroxylation is 1. The molecule has 3 saturated heterocycles. The maximum atomic E-state index is 12.2. The lowest BCUT2D eigenvalue weighted by molar-refractivity contribution is -0.898. The molecule has 0 saturated carbocycles. The molecule has 0 radical (unpaired) electrons. The van der Waals surface area contributed by atoms with Crippen molar-refractivity contribution < 1.29 is 9.06 Å². The summed E-state index contributed by atoms with van der Waals surface area (Å²) in [6.45, 7) is 4.41. The lowest BCUT2D eigenvalue weighted by atomic mass is 9.77. The minimum atomic E-state index is 0.0148. The highest BCUT2D eigenvalue weighted by atomic mass is 16.5. The van der Waals surface area contributed by atoms with Crippen LogP contribution in [0.15, 0.2) is 16.7 Å². The molecule has 0 N–H and O–H groups in total. The van der Waals surface area contributed by atoms with Gasteiger partial charge in [-0.2, -0.15) is 0 Å². The second-order valence-corrected chi connectivity index (χ2v) is 5.16. The van der Waals surface area contributed by atoms with Gasteiger partial charge in [0.25, 0.3) is 0 Å². The van der Waals surface area contributed by atoms with Crippen molar-refractivity contribution in [1.29, 1.82) is 0 Å². The van der Waals surface area contributed by atoms with Gasteiger partial charge in [-0.25, -0.2) is 0 Å². The fourth-order valence-electron chi connectivity index (χ4n) is 3.12. The van der Waals surface area contributed by atoms with Gasteiger partial charge in [-0.1, -0.05) is 0 Å². The molecule has 82 valence electrons. The van der Waals surface area contributed by atoms with Crippen LogP contribution in [-0.2, 0) is 0 Å². The highest BCUT2D eigenvalue weighted by Crippen LogP contribution is 2.42. The van der Waals surface area contributed by atoms with E-state index < -0.39 is 0 Å². The van der Waals surface area contributed by atoms with Gasteiger partial charge in [0.15, 0.2) is 0 Å². The van der Waals surface area contributed by atoms with Crippen molar-refractivity contribution in [2.45, 2.75) is 25.7 Å². The number of quaternary nitrogens is 1. The van der Waals surface area contributed by atoms with Crippen LogP contribution in [0, 0.1) is 18.0 Å². The quantitative estimate of drug-likeness (QED) is 0.523. The second-order valence-electron chi connectivity index (χ2n) is 5.16. The van der Waals surface area contributed by atoms with Crippen molar-refractivity contribution in [1.82, 2.24) is 0 Å². The van der Waals surface area contributed by atoms with Gasteiger partial charge in [-0.3, -0.25) is 0 Å². The van der Waals surface area contributed by atoms with E-state index in [-0.39, 0.29) is 4.65 Å². The molecule has 3 nitrogen and oxygen atoms in total. The van der Waals surface area contributed by atoms with E-state index in [1.54, 1.807) is 6.26 Å². The van der Waals surface area contributed by atoms with Gasteiger partial charge in [0.05, 0.1) is 31.8 Å². The third kappa shape index (κ3) is 1.50. The zero-order chi connectivity index (χ0) is 10.5. The van der Waals surface area contributed by atoms with Crippen LogP contribution in [0.1, 0.15) is 30.1 Å². The van der Waals surface area contributed by atoms with Gasteiger partial charge in [-0.15, -0.1) is 0 Å². The lowest BCUT2D eigenvalue weighted by Gasteiger charge is -2.55. The molecule has 1 atom stereocenters. The standard InChI is InChI=1S/C12H17NO2/c1-9-6-12(15-8-9)11-7-13(14)4-2-10(11)3-5-13/h6,8,10-11H,2-5,7H2,1H3. The van der Waals surface area contributed by atoms with Crippen LogP contribution in [0.4, 0.5) is 0 Å². The van der Waals surface area contributed by atoms with E-state index in [2.05, 4.69) is 6.07 Å². The van der Waals surface area contributed by atoms with Gasteiger partial charge in [0.1, 0.15) is 5.76 Å². The number of furan rings is 1. The Kier molecular flexibility index (Phi) is 1.94. The maximum absolute atomic E-state index is 12.2. The van der Waals surface area contributed by atoms with Crippen LogP contribution in [0.25, 0.3) is 0 Å². The fourth-order valence-corrected chi connectivity index (χ4v) is 3.12. The number of hydrogen-bond donors (Lipinski definition) is 0. The van der Waals surface area contributed by atoms with Gasteiger partial charge in [0, 0.05) is 12.8 Å². The monoisotopic (exact) mass is 207 g/mol. The van der Waals surface area contributed by atoms with E-state index >= 15 is 0 Å². The molecule has 0 spiro atoms. The molecule has 3 aliphatic heterocycles. The Balaban J connectivity index is 1.88. The number of nitrogens with zero attached hydrogens (tertiary/aromatic N) is 1. The van der Waals surface area contributed by atoms with Crippen LogP contribution in [0.5, 0.6) is 0 Å². The van der Waals surface area contributed by atoms with Crippen molar-refractivity contribution in [3.63, 3.8) is 0 Å². The molecule has 1 unspecified atom stereocenters. The first-order chi connectivity index (χ1) is 7.16. The summed E-state index contributed by atoms with van der Waals surface area (Å²) in [5.74, 6) is 2.10. The summed E-state index contributed by atoms with van der Waals surface area (Å²) in [7, 11) is 0. The average molecular weight is 207 g/mol. The zero-order valence-corrected chi connectivity index (χ0v) is 9.11. The molecular weight excluding hydrogens is 190 g/mol. The third-order valence-electron chi connectivity index (χ3n) is 4.03. The van der Waals surface area contributed by atoms with Gasteiger partial charge in [-0.05, 0) is 24.5 Å². The fraction of sp³-hybridized carbons (Fsp3) is 0.667. The zero-order valence-electron chi connectivity index (χ0n) is 9.11. The normalized spacial score (nSPS) is 39.6. The molecule has 3 fully saturated rings. The van der Waals surface area contributed by atoms with E-state index in [1.165, 1.54) is 5.56 Å². The number of fused-ring (bicyclic) bond motifs is 3. The van der Waals surface area contributed by atoms with Crippen molar-refractivity contribution >= 4 is 0 Å². The topological polar surface area (TPSA) is 36.2 Å². The summed E-state index contributed by atoms with van der Waals surface area (Å²) in [6.07, 6.45) is 3.95. The number of hydrogen-bond acceptors (Lipinski definition) is 2. The first kappa shape index (κ1) is 9.43. The molecule has 0 aliphatic carbocycles. The van der Waals surface area contributed by atoms with Crippen LogP contribution in [0.3, 0.4) is 0 Å². The van der Waals surface area contributed by atoms with E-state index in [0.717, 1.165) is 38.2 Å². The Morgan fingerprint density at radius 2 is 2.13 bits per heavy atom. The lowest BCUT2D eigenvalue weighted by Crippen LogP contribution is -2.57. The van der Waals surface area contributed by atoms with Crippen molar-refractivity contribution in [3.05, 3.63) is 28.9 Å². The molecule has 4 rings (SSSR count). The van der Waals surface area contributed by atoms with Gasteiger partial charge < -0.3 is 14.3 Å². The van der Waals surface area contributed by atoms with Gasteiger partial charge >= 0.3 is 0 Å². The molecule has 3 aliphatic rings. The summed E-state index contributed by atoms with van der Waals surface area (Å²) in [5.41, 5.74) is 1.17. The molecule has 1 aromatic heterocycles. The van der Waals surface area contributed by atoms with Gasteiger partial charge in [0.2, 0.25) is 0 Å². The van der Waals surface area contributed by atoms with Crippen LogP contribution in [0.2, 0.25) is 0 Å². The molecule has 1 aromatic rings. The van der Waals surface area contributed by atoms with E-state index in [4.69, 9.17) is 4.42 Å². The van der Waals surface area contributed by atoms with E-state index in [1.807, 2.05) is 6.92 Å². The SMILES string of the molecule is Cc1coc(C2C[N+]3([O-])CCC2CC3)c1. The Hall–Kier alpha value is -0.800. The first-order valence-corrected chi connectivity index (χ1v) is 5.78. The predicted octanol–water partition coefficient (Wildman–Crippen LogP) is 2.41. The minimum absolute atomic E-state index is 0.0148. The molecule has 4 heterocycles. The minimum Gasteiger partial charge on any atom is -0.633 e. The van der Waals surface area contributed by atoms with Crippen LogP contribution in [-0.4, -0.2) is 24.3 Å². The number of rotatable bonds is 1. The second kappa shape index (κ2) is 3.09. The Morgan fingerprint density at radius 1 is 1.40 bits per heavy atom. The highest BCUT2D eigenvalue weighted by Gasteiger charge is 2.43. The Labute approximate surface area is 89.9 Å². The molecule has 15 heavy (non-hydrogen) atoms. The summed E-state index contributed by atoms with van der Waals surface area (Å²) in [5, 5.41) is 12.2. The predicted molar refractivity (Wildman–Crippen MR) is 57.1 cm³/mol. The van der Waals surface area contributed by atoms with E-state index in [9.17, 15) is 5.21 Å². The molecule has 0 amide bonds. The smallest absolute Gasteiger partial charge is 0.113 e. The molecule has 0 aromatic carbocycles. The Morgan fingerprint density at radius 3 is 2.67 bits per heavy atom. The number of hydroxylamine groups is 3. The first-order valence-electron chi connectivity index (χ1n) is 5.78. The maximum Gasteiger partial charge on any atom is 0.113 e. The summed E-state index contributed by atoms with van der Waals surface area (Å²) >= 11 is 0. The summed E-state index contributed by atoms with van der Waals surface area (Å²) in [4.78, 5) is 0. The van der Waals surface area contributed by atoms with Crippen LogP contribution < -0.4 is 0 Å². The number of piperidine rings is 3. The molecule has 2 bridgehead atoms. The van der Waals surface area contributed by atoms with E-state index in [0.29, 0.717) is 11.8 Å². The largest absolute Gasteiger partial charge is 0.633 e. The Bertz CT molecular complexity index is 363. The molecular formula is C12H17NO2. The average Bonchev–Trinajstić information content (AvgIpc) is 2.65. The van der Waals surface area contributed by atoms with Crippen molar-refractivity contribution in [2.75, 3.05) is 19.6 Å². The highest BCUT2D eigenvalue weighted by molar-refractivity contribution is 5.16. The van der Waals surface area contributed by atoms with Crippen molar-refractivity contribution in [3.8, 4) is 0 Å². The van der Waals surface area contributed by atoms with Crippen LogP contribution >= 0.6 is 0 Å². The molecule has 3 heteroatoms. The summed E-state index contributed by atoms with van der Waals surface area (Å²) < 4.78 is 5.57. The van der Waals surface area contributed by atoms with Crippen molar-refractivity contribution in [2.24, 2.45) is 5.92 Å². The summed E-state index contributed by atoms with van der Waals surface area (Å²) in [6, 6.07) is 2.10.